The van der Waals surface area contributed by atoms with Gasteiger partial charge in [-0.05, 0) is 49.7 Å². The Balaban J connectivity index is 1.81. The van der Waals surface area contributed by atoms with Crippen LogP contribution in [0.1, 0.15) is 48.0 Å². The number of fused-ring (bicyclic) bond motifs is 2. The highest BCUT2D eigenvalue weighted by molar-refractivity contribution is 6.31. The van der Waals surface area contributed by atoms with Crippen LogP contribution in [0, 0.1) is 5.82 Å². The molecule has 0 saturated heterocycles. The van der Waals surface area contributed by atoms with E-state index in [9.17, 15) is 14.0 Å². The first-order chi connectivity index (χ1) is 14.9. The minimum atomic E-state index is -0.690. The molecule has 0 spiro atoms. The van der Waals surface area contributed by atoms with E-state index in [2.05, 4.69) is 13.8 Å². The molecule has 0 fully saturated rings. The molecule has 4 rings (SSSR count). The lowest BCUT2D eigenvalue weighted by Crippen LogP contribution is -3.11. The Bertz CT molecular complexity index is 1190. The largest absolute Gasteiger partial charge is 0.450 e. The van der Waals surface area contributed by atoms with Crippen LogP contribution in [-0.2, 0) is 0 Å². The quantitative estimate of drug-likeness (QED) is 0.608. The fourth-order valence-corrected chi connectivity index (χ4v) is 4.52. The molecule has 0 saturated carbocycles. The van der Waals surface area contributed by atoms with E-state index < -0.39 is 11.9 Å². The van der Waals surface area contributed by atoms with Gasteiger partial charge in [-0.2, -0.15) is 0 Å². The van der Waals surface area contributed by atoms with Crippen molar-refractivity contribution < 1.29 is 18.5 Å². The summed E-state index contributed by atoms with van der Waals surface area (Å²) >= 11 is 6.09. The second kappa shape index (κ2) is 8.81. The zero-order chi connectivity index (χ0) is 22.1. The van der Waals surface area contributed by atoms with Gasteiger partial charge in [0.25, 0.3) is 5.91 Å². The van der Waals surface area contributed by atoms with E-state index in [1.807, 2.05) is 0 Å². The number of amides is 1. The number of carbonyl (C=O) groups is 1. The van der Waals surface area contributed by atoms with Gasteiger partial charge in [-0.3, -0.25) is 9.59 Å². The molecule has 0 radical (unpaired) electrons. The van der Waals surface area contributed by atoms with E-state index in [-0.39, 0.29) is 22.7 Å². The van der Waals surface area contributed by atoms with Crippen LogP contribution in [0.4, 0.5) is 4.39 Å². The van der Waals surface area contributed by atoms with Crippen LogP contribution in [0.3, 0.4) is 0 Å². The topological polar surface area (TPSA) is 55.0 Å². The second-order valence-electron chi connectivity index (χ2n) is 7.83. The van der Waals surface area contributed by atoms with Gasteiger partial charge >= 0.3 is 0 Å². The van der Waals surface area contributed by atoms with E-state index in [0.717, 1.165) is 26.1 Å². The molecule has 1 aliphatic heterocycles. The Morgan fingerprint density at radius 3 is 2.61 bits per heavy atom. The molecule has 1 aromatic heterocycles. The number of nitrogens with one attached hydrogen (secondary N) is 1. The monoisotopic (exact) mass is 443 g/mol. The molecule has 31 heavy (non-hydrogen) atoms. The Kier molecular flexibility index (Phi) is 6.12. The molecule has 0 bridgehead atoms. The van der Waals surface area contributed by atoms with Crippen LogP contribution in [0.15, 0.2) is 51.7 Å². The van der Waals surface area contributed by atoms with E-state index >= 15 is 0 Å². The lowest BCUT2D eigenvalue weighted by atomic mass is 9.98. The average Bonchev–Trinajstić information content (AvgIpc) is 3.04. The molecule has 1 atom stereocenters. The van der Waals surface area contributed by atoms with Gasteiger partial charge < -0.3 is 14.2 Å². The standard InChI is InChI=1S/C24H24ClFN2O3/c1-3-27(4-2)11-6-12-28-21(15-7-5-8-17(26)13-15)20-22(29)18-14-16(25)9-10-19(18)31-23(20)24(28)30/h5,7-10,13-14,21H,3-4,6,11-12H2,1-2H3/p+1/t21-/m0/s1. The number of rotatable bonds is 7. The highest BCUT2D eigenvalue weighted by Crippen LogP contribution is 2.38. The highest BCUT2D eigenvalue weighted by atomic mass is 35.5. The summed E-state index contributed by atoms with van der Waals surface area (Å²) in [6, 6.07) is 10.1. The fraction of sp³-hybridized carbons (Fsp3) is 0.333. The highest BCUT2D eigenvalue weighted by Gasteiger charge is 2.42. The molecule has 7 heteroatoms. The zero-order valence-electron chi connectivity index (χ0n) is 17.6. The number of nitrogens with zero attached hydrogens (tertiary/aromatic N) is 1. The van der Waals surface area contributed by atoms with Gasteiger partial charge in [0.15, 0.2) is 5.43 Å². The SMILES string of the molecule is CC[NH+](CC)CCCN1C(=O)c2oc3ccc(Cl)cc3c(=O)c2[C@@H]1c1cccc(F)c1. The van der Waals surface area contributed by atoms with E-state index in [1.54, 1.807) is 35.2 Å². The maximum Gasteiger partial charge on any atom is 0.290 e. The predicted octanol–water partition coefficient (Wildman–Crippen LogP) is 3.45. The molecule has 0 unspecified atom stereocenters. The average molecular weight is 444 g/mol. The molecule has 1 N–H and O–H groups in total. The van der Waals surface area contributed by atoms with Gasteiger partial charge in [-0.25, -0.2) is 4.39 Å². The van der Waals surface area contributed by atoms with Crippen LogP contribution >= 0.6 is 11.6 Å². The first-order valence-corrected chi connectivity index (χ1v) is 11.0. The van der Waals surface area contributed by atoms with Crippen LogP contribution in [0.25, 0.3) is 11.0 Å². The number of carbonyl (C=O) groups excluding carboxylic acids is 1. The fourth-order valence-electron chi connectivity index (χ4n) is 4.35. The van der Waals surface area contributed by atoms with Crippen molar-refractivity contribution in [3.63, 3.8) is 0 Å². The van der Waals surface area contributed by atoms with Gasteiger partial charge in [0, 0.05) is 18.0 Å². The number of hydrogen-bond donors (Lipinski definition) is 1. The minimum Gasteiger partial charge on any atom is -0.450 e. The van der Waals surface area contributed by atoms with Crippen molar-refractivity contribution in [1.29, 1.82) is 0 Å². The first kappa shape index (κ1) is 21.5. The van der Waals surface area contributed by atoms with Crippen LogP contribution in [-0.4, -0.2) is 37.0 Å². The molecular formula is C24H25ClFN2O3+. The number of quaternary nitrogens is 1. The Hall–Kier alpha value is -2.70. The Morgan fingerprint density at radius 2 is 1.90 bits per heavy atom. The first-order valence-electron chi connectivity index (χ1n) is 10.6. The number of benzene rings is 2. The molecule has 2 aromatic carbocycles. The van der Waals surface area contributed by atoms with Gasteiger partial charge in [0.05, 0.1) is 36.6 Å². The second-order valence-corrected chi connectivity index (χ2v) is 8.27. The van der Waals surface area contributed by atoms with E-state index in [1.165, 1.54) is 17.0 Å². The van der Waals surface area contributed by atoms with Crippen LogP contribution in [0.2, 0.25) is 5.02 Å². The summed E-state index contributed by atoms with van der Waals surface area (Å²) < 4.78 is 19.9. The zero-order valence-corrected chi connectivity index (χ0v) is 18.3. The van der Waals surface area contributed by atoms with Gasteiger partial charge in [0.1, 0.15) is 11.4 Å². The van der Waals surface area contributed by atoms with Crippen molar-refractivity contribution in [2.24, 2.45) is 0 Å². The summed E-state index contributed by atoms with van der Waals surface area (Å²) in [5, 5.41) is 0.723. The smallest absolute Gasteiger partial charge is 0.290 e. The normalized spacial score (nSPS) is 15.8. The molecule has 5 nitrogen and oxygen atoms in total. The maximum absolute atomic E-state index is 14.1. The number of halogens is 2. The third-order valence-corrected chi connectivity index (χ3v) is 6.26. The third kappa shape index (κ3) is 3.98. The lowest BCUT2D eigenvalue weighted by molar-refractivity contribution is -0.896. The van der Waals surface area contributed by atoms with Crippen LogP contribution in [0.5, 0.6) is 0 Å². The minimum absolute atomic E-state index is 0.0317. The lowest BCUT2D eigenvalue weighted by Gasteiger charge is -2.26. The number of hydrogen-bond acceptors (Lipinski definition) is 3. The summed E-state index contributed by atoms with van der Waals surface area (Å²) in [6.45, 7) is 7.62. The van der Waals surface area contributed by atoms with Crippen molar-refractivity contribution in [3.05, 3.63) is 80.4 Å². The Morgan fingerprint density at radius 1 is 1.13 bits per heavy atom. The molecule has 162 valence electrons. The maximum atomic E-state index is 14.1. The summed E-state index contributed by atoms with van der Waals surface area (Å²) in [6.07, 6.45) is 0.766. The molecule has 0 aliphatic carbocycles. The third-order valence-electron chi connectivity index (χ3n) is 6.02. The van der Waals surface area contributed by atoms with Crippen molar-refractivity contribution in [2.75, 3.05) is 26.2 Å². The summed E-state index contributed by atoms with van der Waals surface area (Å²) in [7, 11) is 0. The molecular weight excluding hydrogens is 419 g/mol. The van der Waals surface area contributed by atoms with Gasteiger partial charge in [-0.15, -0.1) is 0 Å². The van der Waals surface area contributed by atoms with Crippen molar-refractivity contribution in [2.45, 2.75) is 26.3 Å². The van der Waals surface area contributed by atoms with E-state index in [4.69, 9.17) is 16.0 Å². The summed E-state index contributed by atoms with van der Waals surface area (Å²) in [4.78, 5) is 29.8. The summed E-state index contributed by atoms with van der Waals surface area (Å²) in [5.74, 6) is -0.726. The molecule has 2 heterocycles. The van der Waals surface area contributed by atoms with Crippen molar-refractivity contribution in [3.8, 4) is 0 Å². The van der Waals surface area contributed by atoms with Crippen molar-refractivity contribution in [1.82, 2.24) is 4.90 Å². The van der Waals surface area contributed by atoms with Crippen molar-refractivity contribution >= 4 is 28.5 Å². The summed E-state index contributed by atoms with van der Waals surface area (Å²) in [5.41, 5.74) is 0.809. The van der Waals surface area contributed by atoms with Gasteiger partial charge in [0.2, 0.25) is 5.76 Å². The molecule has 1 amide bonds. The Labute approximate surface area is 185 Å². The van der Waals surface area contributed by atoms with E-state index in [0.29, 0.717) is 28.1 Å². The predicted molar refractivity (Wildman–Crippen MR) is 118 cm³/mol. The molecule has 1 aliphatic rings. The molecule has 3 aromatic rings. The van der Waals surface area contributed by atoms with Crippen LogP contribution < -0.4 is 10.3 Å². The van der Waals surface area contributed by atoms with Gasteiger partial charge in [-0.1, -0.05) is 23.7 Å².